The summed E-state index contributed by atoms with van der Waals surface area (Å²) in [4.78, 5) is 4.30. The Morgan fingerprint density at radius 2 is 1.96 bits per heavy atom. The van der Waals surface area contributed by atoms with Crippen LogP contribution >= 0.6 is 0 Å². The number of benzene rings is 2. The Morgan fingerprint density at radius 1 is 1.25 bits per heavy atom. The Bertz CT molecular complexity index is 951. The van der Waals surface area contributed by atoms with E-state index in [1.165, 1.54) is 11.3 Å². The van der Waals surface area contributed by atoms with E-state index < -0.39 is 0 Å². The van der Waals surface area contributed by atoms with Crippen LogP contribution < -0.4 is 11.1 Å². The van der Waals surface area contributed by atoms with E-state index >= 15 is 0 Å². The maximum Gasteiger partial charge on any atom is 0.100 e. The van der Waals surface area contributed by atoms with Crippen LogP contribution in [-0.4, -0.2) is 9.55 Å². The molecule has 1 atom stereocenters. The monoisotopic (exact) mass is 374 g/mol. The first-order chi connectivity index (χ1) is 13.5. The molecule has 146 valence electrons. The van der Waals surface area contributed by atoms with Gasteiger partial charge in [-0.3, -0.25) is 4.57 Å². The number of nitrogens with zero attached hydrogens (tertiary/aromatic N) is 2. The van der Waals surface area contributed by atoms with Gasteiger partial charge in [0.2, 0.25) is 0 Å². The lowest BCUT2D eigenvalue weighted by atomic mass is 10.1. The number of nitrogens with two attached hydrogens (primary N) is 1. The van der Waals surface area contributed by atoms with Crippen LogP contribution in [0.2, 0.25) is 0 Å². The molecule has 0 saturated carbocycles. The smallest absolute Gasteiger partial charge is 0.100 e. The molecule has 0 saturated heterocycles. The average molecular weight is 375 g/mol. The van der Waals surface area contributed by atoms with Crippen LogP contribution in [0.5, 0.6) is 0 Å². The molecule has 0 spiro atoms. The SMILES string of the molecule is C/C=C(\C)NC(C)c1ccccc1.C=CC(=C)n1cnc2cc(CN)ccc21. The quantitative estimate of drug-likeness (QED) is 0.567. The number of rotatable bonds is 6. The lowest BCUT2D eigenvalue weighted by Crippen LogP contribution is -2.15. The molecule has 3 aromatic rings. The highest BCUT2D eigenvalue weighted by Crippen LogP contribution is 2.18. The molecule has 2 aromatic carbocycles. The molecule has 4 heteroatoms. The summed E-state index contributed by atoms with van der Waals surface area (Å²) < 4.78 is 1.91. The Morgan fingerprint density at radius 3 is 2.57 bits per heavy atom. The molecule has 3 rings (SSSR count). The summed E-state index contributed by atoms with van der Waals surface area (Å²) in [6, 6.07) is 16.8. The third-order valence-electron chi connectivity index (χ3n) is 4.57. The second-order valence-corrected chi connectivity index (χ2v) is 6.59. The van der Waals surface area contributed by atoms with Crippen LogP contribution in [-0.2, 0) is 6.54 Å². The molecule has 3 N–H and O–H groups in total. The van der Waals surface area contributed by atoms with E-state index in [1.807, 2.05) is 35.8 Å². The van der Waals surface area contributed by atoms with Gasteiger partial charge in [-0.15, -0.1) is 0 Å². The molecule has 0 radical (unpaired) electrons. The molecule has 1 unspecified atom stereocenters. The fourth-order valence-corrected chi connectivity index (χ4v) is 2.76. The Kier molecular flexibility index (Phi) is 7.78. The minimum absolute atomic E-state index is 0.386. The fraction of sp³-hybridized carbons (Fsp3) is 0.208. The van der Waals surface area contributed by atoms with Crippen LogP contribution in [0.15, 0.2) is 85.9 Å². The third kappa shape index (κ3) is 5.44. The second kappa shape index (κ2) is 10.3. The second-order valence-electron chi connectivity index (χ2n) is 6.59. The number of fused-ring (bicyclic) bond motifs is 1. The lowest BCUT2D eigenvalue weighted by Gasteiger charge is -2.15. The number of hydrogen-bond acceptors (Lipinski definition) is 3. The maximum absolute atomic E-state index is 5.57. The van der Waals surface area contributed by atoms with Gasteiger partial charge in [0, 0.05) is 24.0 Å². The summed E-state index contributed by atoms with van der Waals surface area (Å²) in [7, 11) is 0. The van der Waals surface area contributed by atoms with Gasteiger partial charge in [-0.25, -0.2) is 4.98 Å². The van der Waals surface area contributed by atoms with Crippen molar-refractivity contribution in [2.24, 2.45) is 5.73 Å². The van der Waals surface area contributed by atoms with Gasteiger partial charge >= 0.3 is 0 Å². The summed E-state index contributed by atoms with van der Waals surface area (Å²) in [5.41, 5.74) is 12.0. The van der Waals surface area contributed by atoms with E-state index in [2.05, 4.69) is 67.6 Å². The van der Waals surface area contributed by atoms with Crippen LogP contribution in [0.4, 0.5) is 0 Å². The zero-order valence-corrected chi connectivity index (χ0v) is 17.0. The van der Waals surface area contributed by atoms with Crippen molar-refractivity contribution in [3.05, 3.63) is 97.0 Å². The van der Waals surface area contributed by atoms with Gasteiger partial charge in [0.1, 0.15) is 6.33 Å². The normalized spacial score (nSPS) is 12.1. The molecule has 1 heterocycles. The summed E-state index contributed by atoms with van der Waals surface area (Å²) in [5, 5.41) is 3.41. The van der Waals surface area contributed by atoms with Crippen molar-refractivity contribution >= 4 is 16.7 Å². The molecule has 28 heavy (non-hydrogen) atoms. The van der Waals surface area contributed by atoms with Gasteiger partial charge in [-0.2, -0.15) is 0 Å². The van der Waals surface area contributed by atoms with E-state index in [9.17, 15) is 0 Å². The third-order valence-corrected chi connectivity index (χ3v) is 4.57. The van der Waals surface area contributed by atoms with E-state index in [-0.39, 0.29) is 0 Å². The number of aromatic nitrogens is 2. The molecule has 0 aliphatic rings. The van der Waals surface area contributed by atoms with Crippen molar-refractivity contribution in [1.29, 1.82) is 0 Å². The molecule has 0 amide bonds. The highest BCUT2D eigenvalue weighted by Gasteiger charge is 2.04. The highest BCUT2D eigenvalue weighted by atomic mass is 15.0. The van der Waals surface area contributed by atoms with Crippen LogP contribution in [0.1, 0.15) is 37.9 Å². The highest BCUT2D eigenvalue weighted by molar-refractivity contribution is 5.80. The molecular weight excluding hydrogens is 344 g/mol. The molecule has 1 aromatic heterocycles. The minimum atomic E-state index is 0.386. The van der Waals surface area contributed by atoms with Gasteiger partial charge in [0.05, 0.1) is 11.0 Å². The minimum Gasteiger partial charge on any atom is -0.382 e. The first-order valence-electron chi connectivity index (χ1n) is 9.42. The van der Waals surface area contributed by atoms with Crippen molar-refractivity contribution in [3.63, 3.8) is 0 Å². The zero-order chi connectivity index (χ0) is 20.5. The fourth-order valence-electron chi connectivity index (χ4n) is 2.76. The summed E-state index contributed by atoms with van der Waals surface area (Å²) in [6.07, 6.45) is 5.53. The van der Waals surface area contributed by atoms with Gasteiger partial charge < -0.3 is 11.1 Å². The van der Waals surface area contributed by atoms with Gasteiger partial charge in [-0.1, -0.05) is 55.6 Å². The molecule has 0 fully saturated rings. The Hall–Kier alpha value is -3.11. The topological polar surface area (TPSA) is 55.9 Å². The predicted octanol–water partition coefficient (Wildman–Crippen LogP) is 5.41. The number of allylic oxidation sites excluding steroid dienone is 4. The van der Waals surface area contributed by atoms with E-state index in [4.69, 9.17) is 5.73 Å². The molecule has 0 aliphatic carbocycles. The predicted molar refractivity (Wildman–Crippen MR) is 121 cm³/mol. The number of nitrogens with one attached hydrogen (secondary N) is 1. The van der Waals surface area contributed by atoms with Crippen molar-refractivity contribution in [2.75, 3.05) is 0 Å². The Balaban J connectivity index is 0.000000203. The van der Waals surface area contributed by atoms with Crippen LogP contribution in [0.3, 0.4) is 0 Å². The average Bonchev–Trinajstić information content (AvgIpc) is 3.17. The van der Waals surface area contributed by atoms with E-state index in [0.29, 0.717) is 12.6 Å². The molecule has 0 aliphatic heterocycles. The Labute approximate surface area is 168 Å². The van der Waals surface area contributed by atoms with Crippen molar-refractivity contribution in [3.8, 4) is 0 Å². The maximum atomic E-state index is 5.57. The molecule has 4 nitrogen and oxygen atoms in total. The summed E-state index contributed by atoms with van der Waals surface area (Å²) in [5.74, 6) is 0. The van der Waals surface area contributed by atoms with Gasteiger partial charge in [0.25, 0.3) is 0 Å². The standard InChI is InChI=1S/C12H13N3.C12H17N/c1-3-9(2)15-8-14-11-6-10(7-13)4-5-12(11)15;1-4-10(2)13-11(3)12-8-6-5-7-9-12/h3-6,8H,1-2,7,13H2;4-9,11,13H,1-3H3/b;10-4+. The first kappa shape index (κ1) is 21.2. The largest absolute Gasteiger partial charge is 0.382 e. The molecule has 0 bridgehead atoms. The van der Waals surface area contributed by atoms with Crippen LogP contribution in [0.25, 0.3) is 16.7 Å². The van der Waals surface area contributed by atoms with Gasteiger partial charge in [0.15, 0.2) is 0 Å². The lowest BCUT2D eigenvalue weighted by molar-refractivity contribution is 0.653. The van der Waals surface area contributed by atoms with Crippen molar-refractivity contribution in [2.45, 2.75) is 33.4 Å². The first-order valence-corrected chi connectivity index (χ1v) is 9.42. The summed E-state index contributed by atoms with van der Waals surface area (Å²) >= 11 is 0. The van der Waals surface area contributed by atoms with Crippen molar-refractivity contribution in [1.82, 2.24) is 14.9 Å². The zero-order valence-electron chi connectivity index (χ0n) is 17.0. The van der Waals surface area contributed by atoms with E-state index in [1.54, 1.807) is 12.4 Å². The van der Waals surface area contributed by atoms with Gasteiger partial charge in [-0.05, 0) is 50.1 Å². The van der Waals surface area contributed by atoms with Crippen molar-refractivity contribution < 1.29 is 0 Å². The number of imidazole rings is 1. The van der Waals surface area contributed by atoms with E-state index in [0.717, 1.165) is 22.3 Å². The molecular formula is C24H30N4. The van der Waals surface area contributed by atoms with Crippen LogP contribution in [0, 0.1) is 0 Å². The summed E-state index contributed by atoms with van der Waals surface area (Å²) in [6.45, 7) is 14.4. The number of hydrogen-bond donors (Lipinski definition) is 2.